The van der Waals surface area contributed by atoms with Crippen LogP contribution in [0.1, 0.15) is 66.7 Å². The second kappa shape index (κ2) is 13.1. The van der Waals surface area contributed by atoms with Crippen LogP contribution in [0.5, 0.6) is 0 Å². The van der Waals surface area contributed by atoms with E-state index in [1.54, 1.807) is 12.1 Å². The minimum atomic E-state index is -0.436. The molecule has 140 valence electrons. The van der Waals surface area contributed by atoms with E-state index in [0.29, 0.717) is 44.0 Å². The summed E-state index contributed by atoms with van der Waals surface area (Å²) in [5.41, 5.74) is 0.739. The van der Waals surface area contributed by atoms with Crippen LogP contribution in [-0.4, -0.2) is 38.4 Å². The molecule has 0 bridgehead atoms. The molecule has 0 N–H and O–H groups in total. The Morgan fingerprint density at radius 1 is 0.800 bits per heavy atom. The summed E-state index contributed by atoms with van der Waals surface area (Å²) in [4.78, 5) is 24.2. The predicted molar refractivity (Wildman–Crippen MR) is 105 cm³/mol. The number of rotatable bonds is 12. The second-order valence-electron chi connectivity index (χ2n) is 5.67. The molecule has 0 atom stereocenters. The van der Waals surface area contributed by atoms with Gasteiger partial charge in [-0.25, -0.2) is 9.59 Å². The number of unbranched alkanes of at least 4 members (excludes halogenated alkanes) is 2. The van der Waals surface area contributed by atoms with Crippen LogP contribution in [0.15, 0.2) is 18.2 Å². The van der Waals surface area contributed by atoms with E-state index in [1.165, 1.54) is 6.07 Å². The maximum Gasteiger partial charge on any atom is 0.338 e. The molecule has 0 unspecified atom stereocenters. The van der Waals surface area contributed by atoms with Gasteiger partial charge in [-0.2, -0.15) is 0 Å². The minimum Gasteiger partial charge on any atom is -0.462 e. The molecular weight excluding hydrogens is 435 g/mol. The normalized spacial score (nSPS) is 10.5. The zero-order chi connectivity index (χ0) is 18.5. The van der Waals surface area contributed by atoms with Crippen molar-refractivity contribution in [2.75, 3.05) is 26.4 Å². The summed E-state index contributed by atoms with van der Waals surface area (Å²) in [7, 11) is 0. The first-order chi connectivity index (χ1) is 12.1. The Kier molecular flexibility index (Phi) is 11.5. The summed E-state index contributed by atoms with van der Waals surface area (Å²) in [5, 5.41) is 0. The molecule has 5 nitrogen and oxygen atoms in total. The fourth-order valence-electron chi connectivity index (χ4n) is 2.08. The van der Waals surface area contributed by atoms with E-state index >= 15 is 0 Å². The third-order valence-electron chi connectivity index (χ3n) is 3.36. The lowest BCUT2D eigenvalue weighted by atomic mass is 10.1. The Morgan fingerprint density at radius 3 is 1.96 bits per heavy atom. The lowest BCUT2D eigenvalue weighted by molar-refractivity contribution is 0.0446. The Morgan fingerprint density at radius 2 is 1.40 bits per heavy atom. The van der Waals surface area contributed by atoms with Gasteiger partial charge in [0, 0.05) is 23.2 Å². The molecule has 0 aliphatic rings. The Balaban J connectivity index is 2.52. The first-order valence-corrected chi connectivity index (χ1v) is 9.89. The predicted octanol–water partition coefficient (Wildman–Crippen LogP) is 4.61. The summed E-state index contributed by atoms with van der Waals surface area (Å²) in [6.45, 7) is 6.12. The summed E-state index contributed by atoms with van der Waals surface area (Å²) in [6, 6.07) is 4.93. The largest absolute Gasteiger partial charge is 0.462 e. The maximum absolute atomic E-state index is 12.1. The molecule has 0 spiro atoms. The highest BCUT2D eigenvalue weighted by Crippen LogP contribution is 2.15. The van der Waals surface area contributed by atoms with Crippen molar-refractivity contribution >= 4 is 34.5 Å². The van der Waals surface area contributed by atoms with Crippen molar-refractivity contribution in [1.29, 1.82) is 0 Å². The number of hydrogen-bond acceptors (Lipinski definition) is 5. The van der Waals surface area contributed by atoms with Crippen LogP contribution in [0.2, 0.25) is 0 Å². The highest BCUT2D eigenvalue weighted by Gasteiger charge is 2.14. The van der Waals surface area contributed by atoms with Crippen molar-refractivity contribution in [2.24, 2.45) is 0 Å². The molecule has 0 radical (unpaired) electrons. The summed E-state index contributed by atoms with van der Waals surface area (Å²) < 4.78 is 16.6. The zero-order valence-electron chi connectivity index (χ0n) is 15.0. The van der Waals surface area contributed by atoms with Gasteiger partial charge in [0.05, 0.1) is 24.3 Å². The second-order valence-corrected chi connectivity index (χ2v) is 6.92. The van der Waals surface area contributed by atoms with Crippen molar-refractivity contribution in [1.82, 2.24) is 0 Å². The van der Waals surface area contributed by atoms with E-state index in [0.717, 1.165) is 29.3 Å². The van der Waals surface area contributed by atoms with Gasteiger partial charge in [0.25, 0.3) is 0 Å². The number of hydrogen-bond donors (Lipinski definition) is 0. The van der Waals surface area contributed by atoms with Gasteiger partial charge in [-0.05, 0) is 53.6 Å². The standard InChI is InChI=1S/C19H27IO5/c1-3-5-6-10-24-18(21)15-12-16(14-17(20)13-15)19(22)25-11-7-9-23-8-4-2/h12-14H,3-11H2,1-2H3. The van der Waals surface area contributed by atoms with Gasteiger partial charge >= 0.3 is 11.9 Å². The van der Waals surface area contributed by atoms with Crippen molar-refractivity contribution in [3.05, 3.63) is 32.9 Å². The number of carbonyl (C=O) groups excluding carboxylic acids is 2. The van der Waals surface area contributed by atoms with Crippen LogP contribution < -0.4 is 0 Å². The third kappa shape index (κ3) is 9.21. The molecule has 1 aromatic carbocycles. The zero-order valence-corrected chi connectivity index (χ0v) is 17.2. The smallest absolute Gasteiger partial charge is 0.338 e. The maximum atomic E-state index is 12.1. The van der Waals surface area contributed by atoms with Crippen molar-refractivity contribution in [3.63, 3.8) is 0 Å². The van der Waals surface area contributed by atoms with Crippen molar-refractivity contribution in [2.45, 2.75) is 46.0 Å². The van der Waals surface area contributed by atoms with Gasteiger partial charge in [0.15, 0.2) is 0 Å². The first-order valence-electron chi connectivity index (χ1n) is 8.81. The van der Waals surface area contributed by atoms with Crippen LogP contribution in [0, 0.1) is 3.57 Å². The fraction of sp³-hybridized carbons (Fsp3) is 0.579. The van der Waals surface area contributed by atoms with Crippen molar-refractivity contribution in [3.8, 4) is 0 Å². The molecule has 0 saturated carbocycles. The molecule has 0 heterocycles. The number of halogens is 1. The summed E-state index contributed by atoms with van der Waals surface area (Å²) in [6.07, 6.45) is 4.57. The molecule has 0 aliphatic heterocycles. The van der Waals surface area contributed by atoms with Crippen LogP contribution >= 0.6 is 22.6 Å². The van der Waals surface area contributed by atoms with Crippen LogP contribution in [0.4, 0.5) is 0 Å². The topological polar surface area (TPSA) is 61.8 Å². The number of ether oxygens (including phenoxy) is 3. The molecule has 0 aliphatic carbocycles. The number of esters is 2. The average molecular weight is 462 g/mol. The highest BCUT2D eigenvalue weighted by molar-refractivity contribution is 14.1. The molecule has 25 heavy (non-hydrogen) atoms. The van der Waals surface area contributed by atoms with Gasteiger partial charge < -0.3 is 14.2 Å². The molecule has 0 aromatic heterocycles. The highest BCUT2D eigenvalue weighted by atomic mass is 127. The van der Waals surface area contributed by atoms with E-state index < -0.39 is 11.9 Å². The lowest BCUT2D eigenvalue weighted by Gasteiger charge is -2.08. The van der Waals surface area contributed by atoms with Crippen molar-refractivity contribution < 1.29 is 23.8 Å². The summed E-state index contributed by atoms with van der Waals surface area (Å²) in [5.74, 6) is -0.842. The molecule has 1 rings (SSSR count). The minimum absolute atomic E-state index is 0.296. The van der Waals surface area contributed by atoms with Gasteiger partial charge in [-0.1, -0.05) is 26.7 Å². The van der Waals surface area contributed by atoms with E-state index in [4.69, 9.17) is 14.2 Å². The summed E-state index contributed by atoms with van der Waals surface area (Å²) >= 11 is 2.07. The van der Waals surface area contributed by atoms with Crippen LogP contribution in [-0.2, 0) is 14.2 Å². The van der Waals surface area contributed by atoms with Gasteiger partial charge in [0.1, 0.15) is 0 Å². The fourth-order valence-corrected chi connectivity index (χ4v) is 2.75. The average Bonchev–Trinajstić information content (AvgIpc) is 2.60. The first kappa shape index (κ1) is 21.9. The molecule has 0 fully saturated rings. The number of benzene rings is 1. The van der Waals surface area contributed by atoms with Gasteiger partial charge in [-0.15, -0.1) is 0 Å². The molecule has 1 aromatic rings. The van der Waals surface area contributed by atoms with E-state index in [-0.39, 0.29) is 0 Å². The molecular formula is C19H27IO5. The Bertz CT molecular complexity index is 545. The number of carbonyl (C=O) groups is 2. The van der Waals surface area contributed by atoms with Gasteiger partial charge in [0.2, 0.25) is 0 Å². The van der Waals surface area contributed by atoms with E-state index in [9.17, 15) is 9.59 Å². The molecule has 0 amide bonds. The van der Waals surface area contributed by atoms with Gasteiger partial charge in [-0.3, -0.25) is 0 Å². The van der Waals surface area contributed by atoms with E-state index in [1.807, 2.05) is 6.92 Å². The molecule has 6 heteroatoms. The van der Waals surface area contributed by atoms with Crippen LogP contribution in [0.25, 0.3) is 0 Å². The monoisotopic (exact) mass is 462 g/mol. The third-order valence-corrected chi connectivity index (χ3v) is 3.99. The van der Waals surface area contributed by atoms with Crippen LogP contribution in [0.3, 0.4) is 0 Å². The lowest BCUT2D eigenvalue weighted by Crippen LogP contribution is -2.12. The Hall–Kier alpha value is -1.15. The molecule has 0 saturated heterocycles. The SMILES string of the molecule is CCCCCOC(=O)c1cc(I)cc(C(=O)OCCCOCCC)c1. The quantitative estimate of drug-likeness (QED) is 0.258. The van der Waals surface area contributed by atoms with E-state index in [2.05, 4.69) is 29.5 Å². The Labute approximate surface area is 163 Å².